The molecular formula is C28H27N7O4. The van der Waals surface area contributed by atoms with E-state index < -0.39 is 18.5 Å². The number of aromatic nitrogens is 5. The minimum Gasteiger partial charge on any atom is -0.497 e. The third kappa shape index (κ3) is 5.28. The summed E-state index contributed by atoms with van der Waals surface area (Å²) < 4.78 is 38.0. The van der Waals surface area contributed by atoms with E-state index in [0.29, 0.717) is 17.1 Å². The average molecular weight is 529 g/mol. The molecule has 0 aliphatic carbocycles. The van der Waals surface area contributed by atoms with Gasteiger partial charge in [0, 0.05) is 36.1 Å². The molecule has 198 valence electrons. The van der Waals surface area contributed by atoms with Crippen molar-refractivity contribution in [2.24, 2.45) is 0 Å². The number of ether oxygens (including phenoxy) is 2. The summed E-state index contributed by atoms with van der Waals surface area (Å²) in [7, 11) is 1.54. The van der Waals surface area contributed by atoms with Gasteiger partial charge in [0.2, 0.25) is 0 Å². The molecule has 11 heteroatoms. The molecule has 0 saturated heterocycles. The van der Waals surface area contributed by atoms with Crippen LogP contribution in [0.2, 0.25) is 0 Å². The Kier molecular flexibility index (Phi) is 6.19. The summed E-state index contributed by atoms with van der Waals surface area (Å²) >= 11 is 0. The van der Waals surface area contributed by atoms with Crippen LogP contribution in [-0.2, 0) is 11.3 Å². The Bertz CT molecular complexity index is 1770. The molecule has 0 radical (unpaired) electrons. The van der Waals surface area contributed by atoms with Gasteiger partial charge < -0.3 is 19.7 Å². The fourth-order valence-electron chi connectivity index (χ4n) is 3.96. The second-order valence-corrected chi connectivity index (χ2v) is 8.36. The van der Waals surface area contributed by atoms with Crippen molar-refractivity contribution in [2.45, 2.75) is 13.5 Å². The first-order valence-corrected chi connectivity index (χ1v) is 12.1. The number of pyridine rings is 2. The molecule has 0 aliphatic rings. The molecule has 0 fully saturated rings. The lowest BCUT2D eigenvalue weighted by atomic mass is 10.2. The number of fused-ring (bicyclic) bond motifs is 1. The molecule has 0 saturated carbocycles. The van der Waals surface area contributed by atoms with E-state index >= 15 is 0 Å². The molecule has 5 aromatic rings. The van der Waals surface area contributed by atoms with Gasteiger partial charge in [-0.3, -0.25) is 9.36 Å². The highest BCUT2D eigenvalue weighted by atomic mass is 16.5. The molecule has 4 heterocycles. The maximum absolute atomic E-state index is 13.3. The normalized spacial score (nSPS) is 12.3. The summed E-state index contributed by atoms with van der Waals surface area (Å²) in [4.78, 5) is 35.8. The summed E-state index contributed by atoms with van der Waals surface area (Å²) in [5.74, 6) is 0.459. The highest BCUT2D eigenvalue weighted by Gasteiger charge is 2.20. The maximum Gasteiger partial charge on any atom is 0.358 e. The molecule has 0 amide bonds. The second kappa shape index (κ2) is 11.1. The number of anilines is 3. The number of carbonyl (C=O) groups is 1. The highest BCUT2D eigenvalue weighted by molar-refractivity contribution is 5.89. The van der Waals surface area contributed by atoms with Crippen LogP contribution in [-0.4, -0.2) is 50.8 Å². The van der Waals surface area contributed by atoms with Crippen LogP contribution in [0.1, 0.15) is 27.1 Å². The Morgan fingerprint density at radius 3 is 2.69 bits per heavy atom. The number of hydrogen-bond acceptors (Lipinski definition) is 9. The zero-order chi connectivity index (χ0) is 29.9. The van der Waals surface area contributed by atoms with Crippen molar-refractivity contribution in [1.82, 2.24) is 24.1 Å². The van der Waals surface area contributed by atoms with E-state index in [2.05, 4.69) is 20.4 Å². The number of benzene rings is 1. The minimum absolute atomic E-state index is 0.00866. The van der Waals surface area contributed by atoms with Gasteiger partial charge in [-0.1, -0.05) is 18.2 Å². The first-order chi connectivity index (χ1) is 20.2. The lowest BCUT2D eigenvalue weighted by molar-refractivity contribution is 0.0517. The van der Waals surface area contributed by atoms with Crippen LogP contribution in [0.3, 0.4) is 0 Å². The predicted octanol–water partition coefficient (Wildman–Crippen LogP) is 3.84. The summed E-state index contributed by atoms with van der Waals surface area (Å²) in [6.45, 7) is -0.862. The average Bonchev–Trinajstić information content (AvgIpc) is 3.41. The molecule has 11 nitrogen and oxygen atoms in total. The van der Waals surface area contributed by atoms with Gasteiger partial charge in [0.05, 0.1) is 25.6 Å². The lowest BCUT2D eigenvalue weighted by Crippen LogP contribution is -2.22. The predicted molar refractivity (Wildman–Crippen MR) is 147 cm³/mol. The van der Waals surface area contributed by atoms with Crippen molar-refractivity contribution in [3.05, 3.63) is 101 Å². The number of carbonyl (C=O) groups excluding carboxylic acids is 1. The SMILES string of the molecule is [2H]C([2H])([2H])N(Cc1ccc(OC)cc1)c1cc(Nc2cccn(-c3ccccn3)c2=O)nn2c(C(=O)OCC)cnc12. The van der Waals surface area contributed by atoms with Crippen LogP contribution in [0.25, 0.3) is 11.5 Å². The fraction of sp³-hybridized carbons (Fsp3) is 0.179. The first kappa shape index (κ1) is 21.9. The maximum atomic E-state index is 13.3. The molecule has 1 N–H and O–H groups in total. The van der Waals surface area contributed by atoms with E-state index in [1.54, 1.807) is 81.0 Å². The molecule has 1 aromatic carbocycles. The lowest BCUT2D eigenvalue weighted by Gasteiger charge is -2.21. The molecule has 0 spiro atoms. The van der Waals surface area contributed by atoms with Crippen LogP contribution >= 0.6 is 0 Å². The van der Waals surface area contributed by atoms with Crippen molar-refractivity contribution in [2.75, 3.05) is 30.9 Å². The van der Waals surface area contributed by atoms with Crippen LogP contribution in [0.4, 0.5) is 17.2 Å². The zero-order valence-electron chi connectivity index (χ0n) is 24.2. The number of rotatable bonds is 9. The molecule has 0 aliphatic heterocycles. The third-order valence-electron chi connectivity index (χ3n) is 5.83. The largest absolute Gasteiger partial charge is 0.497 e. The Balaban J connectivity index is 1.64. The second-order valence-electron chi connectivity index (χ2n) is 8.36. The molecular weight excluding hydrogens is 498 g/mol. The van der Waals surface area contributed by atoms with Gasteiger partial charge in [-0.2, -0.15) is 0 Å². The minimum atomic E-state index is -2.62. The number of hydrogen-bond donors (Lipinski definition) is 1. The van der Waals surface area contributed by atoms with E-state index in [9.17, 15) is 9.59 Å². The van der Waals surface area contributed by atoms with Gasteiger partial charge in [0.25, 0.3) is 5.56 Å². The Labute approximate surface area is 228 Å². The van der Waals surface area contributed by atoms with Gasteiger partial charge in [-0.25, -0.2) is 19.3 Å². The van der Waals surface area contributed by atoms with Gasteiger partial charge >= 0.3 is 5.97 Å². The Morgan fingerprint density at radius 1 is 1.13 bits per heavy atom. The Hall–Kier alpha value is -5.19. The van der Waals surface area contributed by atoms with Crippen LogP contribution < -0.4 is 20.5 Å². The Morgan fingerprint density at radius 2 is 1.97 bits per heavy atom. The van der Waals surface area contributed by atoms with Crippen molar-refractivity contribution in [1.29, 1.82) is 0 Å². The molecule has 39 heavy (non-hydrogen) atoms. The van der Waals surface area contributed by atoms with Crippen molar-refractivity contribution < 1.29 is 18.4 Å². The van der Waals surface area contributed by atoms with Crippen molar-refractivity contribution >= 4 is 28.8 Å². The topological polar surface area (TPSA) is 116 Å². The number of nitrogens with one attached hydrogen (secondary N) is 1. The quantitative estimate of drug-likeness (QED) is 0.285. The summed E-state index contributed by atoms with van der Waals surface area (Å²) in [5.41, 5.74) is 0.684. The number of esters is 1. The van der Waals surface area contributed by atoms with Gasteiger partial charge in [0.15, 0.2) is 17.2 Å². The van der Waals surface area contributed by atoms with Gasteiger partial charge in [0.1, 0.15) is 17.3 Å². The van der Waals surface area contributed by atoms with Gasteiger partial charge in [-0.05, 0) is 48.9 Å². The number of methoxy groups -OCH3 is 1. The molecule has 5 rings (SSSR count). The fourth-order valence-corrected chi connectivity index (χ4v) is 3.96. The van der Waals surface area contributed by atoms with Crippen molar-refractivity contribution in [3.63, 3.8) is 0 Å². The molecule has 0 atom stereocenters. The van der Waals surface area contributed by atoms with Crippen LogP contribution in [0, 0.1) is 0 Å². The monoisotopic (exact) mass is 528 g/mol. The smallest absolute Gasteiger partial charge is 0.358 e. The van der Waals surface area contributed by atoms with E-state index in [4.69, 9.17) is 13.6 Å². The standard InChI is InChI=1S/C28H27N7O4/c1-4-39-28(37)23-17-30-26-22(33(2)18-19-10-12-20(38-3)13-11-19)16-24(32-35(23)26)31-21-8-7-15-34(27(21)36)25-9-5-6-14-29-25/h5-17H,4,18H2,1-3H3,(H,31,32)/i2D3. The van der Waals surface area contributed by atoms with Crippen molar-refractivity contribution in [3.8, 4) is 11.6 Å². The number of nitrogens with zero attached hydrogens (tertiary/aromatic N) is 6. The first-order valence-electron chi connectivity index (χ1n) is 13.6. The molecule has 0 unspecified atom stereocenters. The van der Waals surface area contributed by atoms with E-state index in [1.165, 1.54) is 26.2 Å². The summed E-state index contributed by atoms with van der Waals surface area (Å²) in [5, 5.41) is 7.47. The summed E-state index contributed by atoms with van der Waals surface area (Å²) in [6, 6.07) is 16.9. The van der Waals surface area contributed by atoms with E-state index in [0.717, 1.165) is 0 Å². The van der Waals surface area contributed by atoms with E-state index in [-0.39, 0.29) is 41.7 Å². The van der Waals surface area contributed by atoms with Gasteiger partial charge in [-0.15, -0.1) is 5.10 Å². The number of imidazole rings is 1. The van der Waals surface area contributed by atoms with E-state index in [1.807, 2.05) is 0 Å². The zero-order valence-corrected chi connectivity index (χ0v) is 21.2. The molecule has 0 bridgehead atoms. The van der Waals surface area contributed by atoms with Crippen LogP contribution in [0.15, 0.2) is 84.0 Å². The summed E-state index contributed by atoms with van der Waals surface area (Å²) in [6.07, 6.45) is 4.43. The van der Waals surface area contributed by atoms with Crippen LogP contribution in [0.5, 0.6) is 5.75 Å². The third-order valence-corrected chi connectivity index (χ3v) is 5.83. The molecule has 4 aromatic heterocycles. The highest BCUT2D eigenvalue weighted by Crippen LogP contribution is 2.27.